The molecular formula is C12H9FN2O3S. The molecule has 0 bridgehead atoms. The fraction of sp³-hybridized carbons (Fsp3) is 0.0833. The molecular weight excluding hydrogens is 271 g/mol. The van der Waals surface area contributed by atoms with Crippen LogP contribution in [-0.2, 0) is 0 Å². The Balaban J connectivity index is 2.23. The number of para-hydroxylation sites is 1. The number of aromatic nitrogens is 1. The first kappa shape index (κ1) is 13.2. The summed E-state index contributed by atoms with van der Waals surface area (Å²) in [6, 6.07) is 4.42. The molecule has 1 aromatic heterocycles. The van der Waals surface area contributed by atoms with Crippen LogP contribution in [0.1, 0.15) is 25.9 Å². The van der Waals surface area contributed by atoms with Crippen LogP contribution in [0.25, 0.3) is 0 Å². The van der Waals surface area contributed by atoms with Gasteiger partial charge < -0.3 is 10.4 Å². The van der Waals surface area contributed by atoms with Crippen molar-refractivity contribution in [3.05, 3.63) is 45.7 Å². The van der Waals surface area contributed by atoms with Gasteiger partial charge in [0.1, 0.15) is 5.82 Å². The van der Waals surface area contributed by atoms with Gasteiger partial charge >= 0.3 is 5.97 Å². The summed E-state index contributed by atoms with van der Waals surface area (Å²) in [4.78, 5) is 26.1. The lowest BCUT2D eigenvalue weighted by molar-refractivity contribution is 0.0691. The van der Waals surface area contributed by atoms with Crippen LogP contribution < -0.4 is 5.32 Å². The number of carbonyl (C=O) groups is 2. The van der Waals surface area contributed by atoms with Gasteiger partial charge in [-0.05, 0) is 18.6 Å². The van der Waals surface area contributed by atoms with Crippen molar-refractivity contribution in [2.24, 2.45) is 0 Å². The maximum Gasteiger partial charge on any atom is 0.355 e. The highest BCUT2D eigenvalue weighted by Crippen LogP contribution is 2.20. The van der Waals surface area contributed by atoms with E-state index in [9.17, 15) is 14.0 Å². The van der Waals surface area contributed by atoms with E-state index in [-0.39, 0.29) is 16.4 Å². The van der Waals surface area contributed by atoms with Gasteiger partial charge in [0, 0.05) is 5.38 Å². The average molecular weight is 280 g/mol. The molecule has 98 valence electrons. The lowest BCUT2D eigenvalue weighted by atomic mass is 10.2. The largest absolute Gasteiger partial charge is 0.476 e. The predicted octanol–water partition coefficient (Wildman–Crippen LogP) is 2.54. The van der Waals surface area contributed by atoms with Crippen molar-refractivity contribution in [2.45, 2.75) is 6.92 Å². The first-order valence-electron chi connectivity index (χ1n) is 5.24. The van der Waals surface area contributed by atoms with Gasteiger partial charge in [0.05, 0.1) is 5.69 Å². The van der Waals surface area contributed by atoms with Crippen LogP contribution >= 0.6 is 11.3 Å². The third kappa shape index (κ3) is 2.76. The number of anilines is 1. The zero-order chi connectivity index (χ0) is 14.0. The fourth-order valence-corrected chi connectivity index (χ4v) is 2.12. The Morgan fingerprint density at radius 1 is 1.42 bits per heavy atom. The predicted molar refractivity (Wildman–Crippen MR) is 68.2 cm³/mol. The van der Waals surface area contributed by atoms with Crippen molar-refractivity contribution >= 4 is 28.9 Å². The first-order chi connectivity index (χ1) is 8.99. The number of carboxylic acid groups (broad SMARTS) is 1. The minimum Gasteiger partial charge on any atom is -0.476 e. The van der Waals surface area contributed by atoms with Gasteiger partial charge in [0.2, 0.25) is 0 Å². The van der Waals surface area contributed by atoms with E-state index in [0.717, 1.165) is 11.3 Å². The Morgan fingerprint density at radius 3 is 2.74 bits per heavy atom. The lowest BCUT2D eigenvalue weighted by Gasteiger charge is -2.07. The molecule has 2 aromatic rings. The molecule has 0 fully saturated rings. The summed E-state index contributed by atoms with van der Waals surface area (Å²) in [5, 5.41) is 12.3. The van der Waals surface area contributed by atoms with E-state index in [0.29, 0.717) is 5.56 Å². The van der Waals surface area contributed by atoms with E-state index in [4.69, 9.17) is 5.11 Å². The highest BCUT2D eigenvalue weighted by atomic mass is 32.1. The number of halogens is 1. The number of nitrogens with zero attached hydrogens (tertiary/aromatic N) is 1. The summed E-state index contributed by atoms with van der Waals surface area (Å²) >= 11 is 0.891. The second-order valence-electron chi connectivity index (χ2n) is 3.73. The second-order valence-corrected chi connectivity index (χ2v) is 4.59. The highest BCUT2D eigenvalue weighted by molar-refractivity contribution is 7.12. The van der Waals surface area contributed by atoms with E-state index in [1.165, 1.54) is 17.5 Å². The molecule has 0 unspecified atom stereocenters. The summed E-state index contributed by atoms with van der Waals surface area (Å²) in [6.45, 7) is 1.66. The molecule has 1 amide bonds. The highest BCUT2D eigenvalue weighted by Gasteiger charge is 2.16. The van der Waals surface area contributed by atoms with Crippen LogP contribution in [0.15, 0.2) is 23.6 Å². The molecule has 0 aliphatic carbocycles. The molecule has 2 N–H and O–H groups in total. The maximum atomic E-state index is 13.5. The lowest BCUT2D eigenvalue weighted by Crippen LogP contribution is -2.14. The number of carboxylic acids is 1. The molecule has 0 aliphatic heterocycles. The van der Waals surface area contributed by atoms with Crippen LogP contribution in [0.2, 0.25) is 0 Å². The molecule has 2 rings (SSSR count). The summed E-state index contributed by atoms with van der Waals surface area (Å²) in [5.74, 6) is -2.40. The van der Waals surface area contributed by atoms with Gasteiger partial charge in [-0.15, -0.1) is 11.3 Å². The minimum atomic E-state index is -1.21. The number of rotatable bonds is 3. The summed E-state index contributed by atoms with van der Waals surface area (Å²) in [5.41, 5.74) is 0.434. The van der Waals surface area contributed by atoms with Crippen LogP contribution in [0.4, 0.5) is 10.1 Å². The monoisotopic (exact) mass is 280 g/mol. The summed E-state index contributed by atoms with van der Waals surface area (Å²) in [6.07, 6.45) is 0. The SMILES string of the molecule is Cc1cccc(F)c1NC(=O)c1nc(C(=O)O)cs1. The molecule has 0 aliphatic rings. The second kappa shape index (κ2) is 5.15. The molecule has 1 aromatic carbocycles. The van der Waals surface area contributed by atoms with Crippen molar-refractivity contribution < 1.29 is 19.1 Å². The zero-order valence-electron chi connectivity index (χ0n) is 9.81. The van der Waals surface area contributed by atoms with Crippen LogP contribution in [-0.4, -0.2) is 22.0 Å². The van der Waals surface area contributed by atoms with Crippen molar-refractivity contribution in [2.75, 3.05) is 5.32 Å². The average Bonchev–Trinajstić information content (AvgIpc) is 2.83. The normalized spacial score (nSPS) is 10.2. The van der Waals surface area contributed by atoms with Crippen LogP contribution in [0, 0.1) is 12.7 Å². The van der Waals surface area contributed by atoms with E-state index >= 15 is 0 Å². The van der Waals surface area contributed by atoms with Gasteiger partial charge in [-0.1, -0.05) is 12.1 Å². The molecule has 5 nitrogen and oxygen atoms in total. The molecule has 7 heteroatoms. The van der Waals surface area contributed by atoms with E-state index in [1.807, 2.05) is 0 Å². The van der Waals surface area contributed by atoms with E-state index in [2.05, 4.69) is 10.3 Å². The Labute approximate surface area is 111 Å². The molecule has 0 saturated carbocycles. The fourth-order valence-electron chi connectivity index (χ4n) is 1.43. The van der Waals surface area contributed by atoms with Gasteiger partial charge in [0.15, 0.2) is 10.7 Å². The van der Waals surface area contributed by atoms with Crippen molar-refractivity contribution in [3.63, 3.8) is 0 Å². The number of hydrogen-bond donors (Lipinski definition) is 2. The van der Waals surface area contributed by atoms with Gasteiger partial charge in [0.25, 0.3) is 5.91 Å². The molecule has 0 atom stereocenters. The Hall–Kier alpha value is -2.28. The number of carbonyl (C=O) groups excluding carboxylic acids is 1. The topological polar surface area (TPSA) is 79.3 Å². The third-order valence-electron chi connectivity index (χ3n) is 2.38. The van der Waals surface area contributed by atoms with Gasteiger partial charge in [-0.2, -0.15) is 0 Å². The number of hydrogen-bond acceptors (Lipinski definition) is 4. The smallest absolute Gasteiger partial charge is 0.355 e. The number of nitrogens with one attached hydrogen (secondary N) is 1. The Bertz CT molecular complexity index is 634. The summed E-state index contributed by atoms with van der Waals surface area (Å²) < 4.78 is 13.5. The van der Waals surface area contributed by atoms with E-state index in [1.54, 1.807) is 13.0 Å². The van der Waals surface area contributed by atoms with Gasteiger partial charge in [-0.3, -0.25) is 4.79 Å². The summed E-state index contributed by atoms with van der Waals surface area (Å²) in [7, 11) is 0. The van der Waals surface area contributed by atoms with E-state index < -0.39 is 17.7 Å². The van der Waals surface area contributed by atoms with Crippen molar-refractivity contribution in [3.8, 4) is 0 Å². The molecule has 19 heavy (non-hydrogen) atoms. The number of aromatic carboxylic acids is 1. The quantitative estimate of drug-likeness (QED) is 0.905. The minimum absolute atomic E-state index is 0.0277. The third-order valence-corrected chi connectivity index (χ3v) is 3.22. The van der Waals surface area contributed by atoms with Crippen molar-refractivity contribution in [1.29, 1.82) is 0 Å². The number of amides is 1. The number of aryl methyl sites for hydroxylation is 1. The Kier molecular flexibility index (Phi) is 3.57. The maximum absolute atomic E-state index is 13.5. The molecule has 0 spiro atoms. The zero-order valence-corrected chi connectivity index (χ0v) is 10.6. The number of benzene rings is 1. The number of thiazole rings is 1. The van der Waals surface area contributed by atoms with Gasteiger partial charge in [-0.25, -0.2) is 14.2 Å². The molecule has 1 heterocycles. The van der Waals surface area contributed by atoms with Crippen molar-refractivity contribution in [1.82, 2.24) is 4.98 Å². The molecule has 0 saturated heterocycles. The van der Waals surface area contributed by atoms with Crippen LogP contribution in [0.5, 0.6) is 0 Å². The first-order valence-corrected chi connectivity index (χ1v) is 6.12. The molecule has 0 radical (unpaired) electrons. The Morgan fingerprint density at radius 2 is 2.16 bits per heavy atom. The standard InChI is InChI=1S/C12H9FN2O3S/c1-6-3-2-4-7(13)9(6)15-10(16)11-14-8(5-19-11)12(17)18/h2-5H,1H3,(H,15,16)(H,17,18). The van der Waals surface area contributed by atoms with Crippen LogP contribution in [0.3, 0.4) is 0 Å².